The van der Waals surface area contributed by atoms with Crippen LogP contribution in [0.2, 0.25) is 0 Å². The minimum absolute atomic E-state index is 0.115. The average Bonchev–Trinajstić information content (AvgIpc) is 2.93. The van der Waals surface area contributed by atoms with Gasteiger partial charge < -0.3 is 14.8 Å². The maximum Gasteiger partial charge on any atom is 0.234 e. The van der Waals surface area contributed by atoms with Crippen LogP contribution in [0.1, 0.15) is 16.7 Å². The van der Waals surface area contributed by atoms with E-state index in [1.807, 2.05) is 86.6 Å². The lowest BCUT2D eigenvalue weighted by Crippen LogP contribution is -2.16. The third-order valence-electron chi connectivity index (χ3n) is 5.97. The monoisotopic (exact) mass is 509 g/mol. The van der Waals surface area contributed by atoms with Gasteiger partial charge in [-0.25, -0.2) is 4.98 Å². The summed E-state index contributed by atoms with van der Waals surface area (Å²) >= 11 is 1.25. The molecule has 0 spiro atoms. The van der Waals surface area contributed by atoms with E-state index in [0.717, 1.165) is 45.0 Å². The van der Waals surface area contributed by atoms with Gasteiger partial charge in [0.15, 0.2) is 0 Å². The Bertz CT molecular complexity index is 1440. The number of ether oxygens (including phenoxy) is 2. The van der Waals surface area contributed by atoms with Gasteiger partial charge >= 0.3 is 0 Å². The number of anilines is 1. The normalized spacial score (nSPS) is 10.5. The lowest BCUT2D eigenvalue weighted by Gasteiger charge is -2.14. The van der Waals surface area contributed by atoms with Crippen LogP contribution in [-0.4, -0.2) is 30.9 Å². The Balaban J connectivity index is 1.71. The molecule has 6 nitrogen and oxygen atoms in total. The molecule has 4 rings (SSSR count). The number of methoxy groups -OCH3 is 2. The van der Waals surface area contributed by atoms with E-state index in [1.165, 1.54) is 11.8 Å². The summed E-state index contributed by atoms with van der Waals surface area (Å²) in [7, 11) is 3.23. The van der Waals surface area contributed by atoms with Crippen LogP contribution in [0, 0.1) is 25.2 Å². The Labute approximate surface area is 221 Å². The first kappa shape index (κ1) is 25.8. The molecule has 0 fully saturated rings. The van der Waals surface area contributed by atoms with Gasteiger partial charge in [0.2, 0.25) is 5.91 Å². The molecule has 0 aliphatic heterocycles. The number of rotatable bonds is 8. The van der Waals surface area contributed by atoms with E-state index in [9.17, 15) is 10.1 Å². The fraction of sp³-hybridized carbons (Fsp3) is 0.167. The second-order valence-corrected chi connectivity index (χ2v) is 9.37. The minimum atomic E-state index is -0.158. The zero-order valence-electron chi connectivity index (χ0n) is 21.2. The summed E-state index contributed by atoms with van der Waals surface area (Å²) in [6, 6.07) is 25.2. The fourth-order valence-electron chi connectivity index (χ4n) is 3.96. The van der Waals surface area contributed by atoms with Gasteiger partial charge in [0, 0.05) is 16.8 Å². The van der Waals surface area contributed by atoms with Crippen LogP contribution >= 0.6 is 11.8 Å². The first-order valence-corrected chi connectivity index (χ1v) is 12.6. The predicted molar refractivity (Wildman–Crippen MR) is 148 cm³/mol. The van der Waals surface area contributed by atoms with E-state index in [0.29, 0.717) is 16.3 Å². The van der Waals surface area contributed by atoms with Crippen molar-refractivity contribution in [2.45, 2.75) is 18.9 Å². The molecule has 0 saturated carbocycles. The SMILES string of the molecule is COc1ccc(-c2cc(-c3ccc(OC)cc3)c(C#N)c(SCC(=O)Nc3c(C)cccc3C)n2)cc1. The van der Waals surface area contributed by atoms with Crippen LogP contribution in [0.3, 0.4) is 0 Å². The summed E-state index contributed by atoms with van der Waals surface area (Å²) in [6.45, 7) is 3.93. The lowest BCUT2D eigenvalue weighted by molar-refractivity contribution is -0.113. The van der Waals surface area contributed by atoms with Crippen LogP contribution in [0.15, 0.2) is 77.8 Å². The number of aromatic nitrogens is 1. The molecule has 4 aromatic rings. The summed E-state index contributed by atoms with van der Waals surface area (Å²) in [5.41, 5.74) is 6.40. The third kappa shape index (κ3) is 5.93. The maximum absolute atomic E-state index is 12.9. The van der Waals surface area contributed by atoms with Crippen LogP contribution in [-0.2, 0) is 4.79 Å². The highest BCUT2D eigenvalue weighted by molar-refractivity contribution is 8.00. The summed E-state index contributed by atoms with van der Waals surface area (Å²) in [6.07, 6.45) is 0. The van der Waals surface area contributed by atoms with Gasteiger partial charge in [0.05, 0.1) is 31.2 Å². The Hall–Kier alpha value is -4.28. The molecule has 0 aliphatic rings. The number of pyridine rings is 1. The molecular weight excluding hydrogens is 482 g/mol. The van der Waals surface area contributed by atoms with Gasteiger partial charge in [-0.3, -0.25) is 4.79 Å². The molecule has 186 valence electrons. The first-order chi connectivity index (χ1) is 17.9. The molecule has 7 heteroatoms. The highest BCUT2D eigenvalue weighted by atomic mass is 32.2. The van der Waals surface area contributed by atoms with Crippen LogP contribution in [0.5, 0.6) is 11.5 Å². The smallest absolute Gasteiger partial charge is 0.234 e. The number of carbonyl (C=O) groups excluding carboxylic acids is 1. The van der Waals surface area contributed by atoms with Crippen molar-refractivity contribution in [2.24, 2.45) is 0 Å². The van der Waals surface area contributed by atoms with E-state index in [2.05, 4.69) is 11.4 Å². The van der Waals surface area contributed by atoms with Crippen molar-refractivity contribution >= 4 is 23.4 Å². The summed E-state index contributed by atoms with van der Waals surface area (Å²) in [4.78, 5) is 17.7. The second kappa shape index (κ2) is 11.6. The van der Waals surface area contributed by atoms with Crippen molar-refractivity contribution in [2.75, 3.05) is 25.3 Å². The number of amides is 1. The number of para-hydroxylation sites is 1. The second-order valence-electron chi connectivity index (χ2n) is 8.41. The number of hydrogen-bond acceptors (Lipinski definition) is 6. The zero-order chi connectivity index (χ0) is 26.4. The van der Waals surface area contributed by atoms with Gasteiger partial charge in [-0.2, -0.15) is 5.26 Å². The van der Waals surface area contributed by atoms with Crippen LogP contribution < -0.4 is 14.8 Å². The number of nitrogens with zero attached hydrogens (tertiary/aromatic N) is 2. The number of benzene rings is 3. The van der Waals surface area contributed by atoms with E-state index in [-0.39, 0.29) is 11.7 Å². The summed E-state index contributed by atoms with van der Waals surface area (Å²) in [5.74, 6) is 1.42. The predicted octanol–water partition coefficient (Wildman–Crippen LogP) is 6.65. The minimum Gasteiger partial charge on any atom is -0.497 e. The van der Waals surface area contributed by atoms with Crippen molar-refractivity contribution in [3.63, 3.8) is 0 Å². The summed E-state index contributed by atoms with van der Waals surface area (Å²) < 4.78 is 10.6. The number of aryl methyl sites for hydroxylation is 2. The Kier molecular flexibility index (Phi) is 8.11. The largest absolute Gasteiger partial charge is 0.497 e. The molecule has 0 saturated heterocycles. The fourth-order valence-corrected chi connectivity index (χ4v) is 4.77. The standard InChI is InChI=1S/C30H27N3O3S/c1-19-6-5-7-20(2)29(19)33-28(34)18-37-30-26(17-31)25(21-8-12-23(35-3)13-9-21)16-27(32-30)22-10-14-24(36-4)15-11-22/h5-16H,18H2,1-4H3,(H,33,34). The summed E-state index contributed by atoms with van der Waals surface area (Å²) in [5, 5.41) is 13.6. The molecule has 1 N–H and O–H groups in total. The van der Waals surface area contributed by atoms with Gasteiger partial charge in [-0.05, 0) is 73.0 Å². The lowest BCUT2D eigenvalue weighted by atomic mass is 9.99. The molecule has 37 heavy (non-hydrogen) atoms. The van der Waals surface area contributed by atoms with Crippen molar-refractivity contribution < 1.29 is 14.3 Å². The first-order valence-electron chi connectivity index (χ1n) is 11.7. The Morgan fingerprint density at radius 3 is 2.03 bits per heavy atom. The Morgan fingerprint density at radius 1 is 0.919 bits per heavy atom. The van der Waals surface area contributed by atoms with Crippen molar-refractivity contribution in [3.8, 4) is 40.0 Å². The molecule has 0 aliphatic carbocycles. The number of thioether (sulfide) groups is 1. The van der Waals surface area contributed by atoms with Crippen LogP contribution in [0.4, 0.5) is 5.69 Å². The highest BCUT2D eigenvalue weighted by Crippen LogP contribution is 2.35. The molecule has 1 heterocycles. The molecule has 0 bridgehead atoms. The van der Waals surface area contributed by atoms with E-state index < -0.39 is 0 Å². The van der Waals surface area contributed by atoms with Crippen molar-refractivity contribution in [3.05, 3.63) is 89.5 Å². The molecule has 1 amide bonds. The number of hydrogen-bond donors (Lipinski definition) is 1. The molecule has 0 radical (unpaired) electrons. The molecule has 0 unspecified atom stereocenters. The Morgan fingerprint density at radius 2 is 1.49 bits per heavy atom. The average molecular weight is 510 g/mol. The quantitative estimate of drug-likeness (QED) is 0.268. The van der Waals surface area contributed by atoms with Gasteiger partial charge in [0.25, 0.3) is 0 Å². The van der Waals surface area contributed by atoms with E-state index >= 15 is 0 Å². The van der Waals surface area contributed by atoms with Gasteiger partial charge in [0.1, 0.15) is 22.6 Å². The third-order valence-corrected chi connectivity index (χ3v) is 6.95. The van der Waals surface area contributed by atoms with Crippen molar-refractivity contribution in [1.82, 2.24) is 4.98 Å². The zero-order valence-corrected chi connectivity index (χ0v) is 22.0. The van der Waals surface area contributed by atoms with Crippen LogP contribution in [0.25, 0.3) is 22.4 Å². The van der Waals surface area contributed by atoms with Crippen molar-refractivity contribution in [1.29, 1.82) is 5.26 Å². The number of nitrogens with one attached hydrogen (secondary N) is 1. The molecule has 3 aromatic carbocycles. The van der Waals surface area contributed by atoms with Gasteiger partial charge in [-0.1, -0.05) is 42.1 Å². The number of nitriles is 1. The van der Waals surface area contributed by atoms with E-state index in [1.54, 1.807) is 14.2 Å². The van der Waals surface area contributed by atoms with Gasteiger partial charge in [-0.15, -0.1) is 0 Å². The highest BCUT2D eigenvalue weighted by Gasteiger charge is 2.18. The van der Waals surface area contributed by atoms with E-state index in [4.69, 9.17) is 14.5 Å². The maximum atomic E-state index is 12.9. The molecule has 1 aromatic heterocycles. The number of carbonyl (C=O) groups is 1. The molecule has 0 atom stereocenters. The topological polar surface area (TPSA) is 84.2 Å². The molecular formula is C30H27N3O3S.